The van der Waals surface area contributed by atoms with Crippen LogP contribution in [-0.2, 0) is 0 Å². The molecule has 1 saturated heterocycles. The smallest absolute Gasteiger partial charge is 0.354 e. The molecule has 37 heavy (non-hydrogen) atoms. The third kappa shape index (κ3) is 7.18. The van der Waals surface area contributed by atoms with E-state index in [4.69, 9.17) is 16.9 Å². The maximum absolute atomic E-state index is 12.8. The van der Waals surface area contributed by atoms with E-state index in [1.807, 2.05) is 30.5 Å². The minimum absolute atomic E-state index is 0.00336. The van der Waals surface area contributed by atoms with Crippen LogP contribution in [0.25, 0.3) is 16.7 Å². The summed E-state index contributed by atoms with van der Waals surface area (Å²) in [5.41, 5.74) is 14.6. The fourth-order valence-electron chi connectivity index (χ4n) is 5.02. The summed E-state index contributed by atoms with van der Waals surface area (Å²) in [5, 5.41) is 14.4. The molecule has 0 saturated carbocycles. The van der Waals surface area contributed by atoms with E-state index >= 15 is 0 Å². The molecule has 1 aromatic carbocycles. The fourth-order valence-corrected chi connectivity index (χ4v) is 5.02. The molecule has 0 spiro atoms. The molecule has 0 unspecified atom stereocenters. The van der Waals surface area contributed by atoms with E-state index < -0.39 is 0 Å². The lowest BCUT2D eigenvalue weighted by atomic mass is 10.1. The molecule has 8 N–H and O–H groups in total. The van der Waals surface area contributed by atoms with E-state index in [9.17, 15) is 4.79 Å². The van der Waals surface area contributed by atoms with Crippen molar-refractivity contribution in [2.45, 2.75) is 57.5 Å². The van der Waals surface area contributed by atoms with Crippen LogP contribution in [0.1, 0.15) is 62.7 Å². The number of hydrogen-bond acceptors (Lipinski definition) is 6. The van der Waals surface area contributed by atoms with Crippen molar-refractivity contribution >= 4 is 17.0 Å². The first-order valence-electron chi connectivity index (χ1n) is 13.3. The van der Waals surface area contributed by atoms with Crippen molar-refractivity contribution < 1.29 is 0 Å². The number of benzene rings is 1. The molecule has 2 aromatic heterocycles. The van der Waals surface area contributed by atoms with Crippen LogP contribution in [0.3, 0.4) is 0 Å². The van der Waals surface area contributed by atoms with Crippen molar-refractivity contribution in [2.24, 2.45) is 11.5 Å². The van der Waals surface area contributed by atoms with E-state index in [1.54, 1.807) is 4.57 Å². The number of guanidine groups is 1. The Labute approximate surface area is 218 Å². The molecule has 10 heteroatoms. The molecule has 0 aliphatic carbocycles. The molecule has 3 atom stereocenters. The summed E-state index contributed by atoms with van der Waals surface area (Å²) in [6, 6.07) is 10.6. The average Bonchev–Trinajstić information content (AvgIpc) is 3.49. The van der Waals surface area contributed by atoms with Crippen molar-refractivity contribution in [3.05, 3.63) is 58.3 Å². The van der Waals surface area contributed by atoms with Crippen LogP contribution in [0.4, 0.5) is 0 Å². The van der Waals surface area contributed by atoms with Crippen LogP contribution < -0.4 is 27.8 Å². The molecule has 1 aliphatic rings. The SMILES string of the molecule is C[C@H](N)CCCN1CC[C@@H](c2cc3cn(-c4ccc([C@H](C)NCCCNC(=N)N)cc4)c(=O)nc3[nH]2)C1. The monoisotopic (exact) mass is 507 g/mol. The lowest BCUT2D eigenvalue weighted by Gasteiger charge is -2.16. The summed E-state index contributed by atoms with van der Waals surface area (Å²) >= 11 is 0. The van der Waals surface area contributed by atoms with Crippen LogP contribution in [0.2, 0.25) is 0 Å². The highest BCUT2D eigenvalue weighted by Gasteiger charge is 2.25. The van der Waals surface area contributed by atoms with Crippen LogP contribution >= 0.6 is 0 Å². The van der Waals surface area contributed by atoms with Gasteiger partial charge in [0.1, 0.15) is 5.65 Å². The molecule has 3 aromatic rings. The van der Waals surface area contributed by atoms with Crippen molar-refractivity contribution in [1.29, 1.82) is 5.41 Å². The first kappa shape index (κ1) is 26.8. The Morgan fingerprint density at radius 1 is 1.24 bits per heavy atom. The van der Waals surface area contributed by atoms with Crippen LogP contribution in [-0.4, -0.2) is 64.2 Å². The van der Waals surface area contributed by atoms with Crippen LogP contribution in [0, 0.1) is 5.41 Å². The fraction of sp³-hybridized carbons (Fsp3) is 0.519. The molecule has 1 aliphatic heterocycles. The largest absolute Gasteiger partial charge is 0.370 e. The van der Waals surface area contributed by atoms with Crippen molar-refractivity contribution in [3.8, 4) is 5.69 Å². The minimum Gasteiger partial charge on any atom is -0.370 e. The van der Waals surface area contributed by atoms with Gasteiger partial charge < -0.3 is 32.0 Å². The summed E-state index contributed by atoms with van der Waals surface area (Å²) in [4.78, 5) is 23.1. The minimum atomic E-state index is -0.290. The lowest BCUT2D eigenvalue weighted by molar-refractivity contribution is 0.322. The average molecular weight is 508 g/mol. The topological polar surface area (TPSA) is 154 Å². The highest BCUT2D eigenvalue weighted by molar-refractivity contribution is 5.76. The second-order valence-electron chi connectivity index (χ2n) is 10.3. The summed E-state index contributed by atoms with van der Waals surface area (Å²) in [5.74, 6) is 0.427. The molecular formula is C27H41N9O. The van der Waals surface area contributed by atoms with Crippen molar-refractivity contribution in [1.82, 2.24) is 30.1 Å². The van der Waals surface area contributed by atoms with Crippen molar-refractivity contribution in [2.75, 3.05) is 32.7 Å². The molecule has 0 bridgehead atoms. The summed E-state index contributed by atoms with van der Waals surface area (Å²) in [6.07, 6.45) is 6.05. The van der Waals surface area contributed by atoms with Gasteiger partial charge in [-0.25, -0.2) is 4.79 Å². The summed E-state index contributed by atoms with van der Waals surface area (Å²) in [6.45, 7) is 8.85. The highest BCUT2D eigenvalue weighted by Crippen LogP contribution is 2.29. The third-order valence-corrected chi connectivity index (χ3v) is 7.17. The molecule has 200 valence electrons. The van der Waals surface area contributed by atoms with Crippen LogP contribution in [0.5, 0.6) is 0 Å². The van der Waals surface area contributed by atoms with Gasteiger partial charge in [-0.2, -0.15) is 4.98 Å². The van der Waals surface area contributed by atoms with Gasteiger partial charge >= 0.3 is 5.69 Å². The normalized spacial score (nSPS) is 17.8. The molecule has 0 radical (unpaired) electrons. The molecule has 3 heterocycles. The maximum atomic E-state index is 12.8. The number of H-pyrrole nitrogens is 1. The number of nitrogens with zero attached hydrogens (tertiary/aromatic N) is 3. The Bertz CT molecular complexity index is 1230. The zero-order valence-corrected chi connectivity index (χ0v) is 22.0. The van der Waals surface area contributed by atoms with Crippen molar-refractivity contribution in [3.63, 3.8) is 0 Å². The van der Waals surface area contributed by atoms with Gasteiger partial charge in [-0.05, 0) is 82.9 Å². The van der Waals surface area contributed by atoms with Gasteiger partial charge in [0, 0.05) is 48.4 Å². The number of aromatic nitrogens is 3. The molecule has 0 amide bonds. The Morgan fingerprint density at radius 2 is 2.03 bits per heavy atom. The first-order valence-corrected chi connectivity index (χ1v) is 13.3. The second kappa shape index (κ2) is 12.4. The Kier molecular flexibility index (Phi) is 8.96. The lowest BCUT2D eigenvalue weighted by Crippen LogP contribution is -2.32. The van der Waals surface area contributed by atoms with Gasteiger partial charge in [0.25, 0.3) is 0 Å². The second-order valence-corrected chi connectivity index (χ2v) is 10.3. The molecule has 10 nitrogen and oxygen atoms in total. The van der Waals surface area contributed by atoms with Gasteiger partial charge in [-0.15, -0.1) is 0 Å². The number of nitrogens with one attached hydrogen (secondary N) is 4. The van der Waals surface area contributed by atoms with E-state index in [0.717, 1.165) is 74.2 Å². The summed E-state index contributed by atoms with van der Waals surface area (Å²) < 4.78 is 1.62. The number of likely N-dealkylation sites (tertiary alicyclic amines) is 1. The zero-order chi connectivity index (χ0) is 26.4. The Balaban J connectivity index is 1.38. The standard InChI is InChI=1S/C27H41N9O/c1-18(28)5-3-13-35-14-10-21(16-35)24-15-22-17-36(27(37)34-25(22)33-24)23-8-6-20(7-9-23)19(2)31-11-4-12-32-26(29)30/h6-9,15,17-19,21,31H,3-5,10-14,16,28H2,1-2H3,(H4,29,30,32)(H,33,34,37)/t18-,19-,21+/m0/s1. The molecule has 1 fully saturated rings. The number of nitrogens with two attached hydrogens (primary N) is 2. The maximum Gasteiger partial charge on any atom is 0.354 e. The quantitative estimate of drug-likeness (QED) is 0.125. The Hall–Kier alpha value is -3.21. The van der Waals surface area contributed by atoms with E-state index in [-0.39, 0.29) is 23.7 Å². The van der Waals surface area contributed by atoms with Crippen LogP contribution in [0.15, 0.2) is 41.3 Å². The molecule has 4 rings (SSSR count). The van der Waals surface area contributed by atoms with Gasteiger partial charge in [0.15, 0.2) is 5.96 Å². The Morgan fingerprint density at radius 3 is 2.76 bits per heavy atom. The highest BCUT2D eigenvalue weighted by atomic mass is 16.1. The number of hydrogen-bond donors (Lipinski definition) is 6. The van der Waals surface area contributed by atoms with Gasteiger partial charge in [0.05, 0.1) is 5.69 Å². The number of fused-ring (bicyclic) bond motifs is 1. The number of rotatable bonds is 12. The molecular weight excluding hydrogens is 466 g/mol. The van der Waals surface area contributed by atoms with E-state index in [2.05, 4.69) is 45.4 Å². The van der Waals surface area contributed by atoms with E-state index in [1.165, 1.54) is 0 Å². The first-order chi connectivity index (χ1) is 17.8. The van der Waals surface area contributed by atoms with Gasteiger partial charge in [-0.1, -0.05) is 12.1 Å². The van der Waals surface area contributed by atoms with Gasteiger partial charge in [-0.3, -0.25) is 9.98 Å². The number of aromatic amines is 1. The predicted octanol–water partition coefficient (Wildman–Crippen LogP) is 2.15. The summed E-state index contributed by atoms with van der Waals surface area (Å²) in [7, 11) is 0. The third-order valence-electron chi connectivity index (χ3n) is 7.17. The van der Waals surface area contributed by atoms with Gasteiger partial charge in [0.2, 0.25) is 0 Å². The predicted molar refractivity (Wildman–Crippen MR) is 149 cm³/mol. The van der Waals surface area contributed by atoms with E-state index in [0.29, 0.717) is 18.1 Å². The zero-order valence-electron chi connectivity index (χ0n) is 22.0.